The van der Waals surface area contributed by atoms with Crippen molar-refractivity contribution < 1.29 is 4.79 Å². The van der Waals surface area contributed by atoms with E-state index in [0.29, 0.717) is 22.6 Å². The van der Waals surface area contributed by atoms with Crippen molar-refractivity contribution in [3.8, 4) is 0 Å². The number of carbonyl (C=O) groups excluding carboxylic acids is 1. The van der Waals surface area contributed by atoms with Crippen molar-refractivity contribution in [1.29, 1.82) is 0 Å². The van der Waals surface area contributed by atoms with Crippen molar-refractivity contribution in [2.45, 2.75) is 0 Å². The Morgan fingerprint density at radius 2 is 2.19 bits per heavy atom. The molecule has 0 unspecified atom stereocenters. The van der Waals surface area contributed by atoms with Gasteiger partial charge in [-0.25, -0.2) is 4.98 Å². The summed E-state index contributed by atoms with van der Waals surface area (Å²) in [5, 5.41) is 1.22. The van der Waals surface area contributed by atoms with Crippen LogP contribution < -0.4 is 5.56 Å². The summed E-state index contributed by atoms with van der Waals surface area (Å²) in [5.74, 6) is 0. The molecule has 0 saturated heterocycles. The Bertz CT molecular complexity index is 755. The lowest BCUT2D eigenvalue weighted by molar-refractivity contribution is 0.111. The van der Waals surface area contributed by atoms with Gasteiger partial charge in [0.15, 0.2) is 6.29 Å². The molecule has 78 valence electrons. The van der Waals surface area contributed by atoms with Crippen LogP contribution in [-0.4, -0.2) is 21.2 Å². The van der Waals surface area contributed by atoms with Crippen LogP contribution in [0.4, 0.5) is 0 Å². The number of aromatic nitrogens is 3. The zero-order valence-corrected chi connectivity index (χ0v) is 8.15. The first-order valence-corrected chi connectivity index (χ1v) is 4.74. The van der Waals surface area contributed by atoms with Gasteiger partial charge in [0.2, 0.25) is 0 Å². The van der Waals surface area contributed by atoms with Gasteiger partial charge in [0.05, 0.1) is 22.9 Å². The molecule has 2 heterocycles. The highest BCUT2D eigenvalue weighted by Gasteiger charge is 2.07. The molecule has 0 amide bonds. The molecule has 1 aromatic carbocycles. The number of hydrogen-bond acceptors (Lipinski definition) is 3. The highest BCUT2D eigenvalue weighted by Crippen LogP contribution is 2.19. The minimum atomic E-state index is -0.294. The smallest absolute Gasteiger partial charge is 0.258 e. The van der Waals surface area contributed by atoms with Gasteiger partial charge in [0.25, 0.3) is 5.56 Å². The molecule has 3 aromatic rings. The van der Waals surface area contributed by atoms with Crippen LogP contribution in [0.25, 0.3) is 21.8 Å². The van der Waals surface area contributed by atoms with Gasteiger partial charge < -0.3 is 9.97 Å². The van der Waals surface area contributed by atoms with Crippen LogP contribution in [0.1, 0.15) is 10.5 Å². The van der Waals surface area contributed by atoms with E-state index in [2.05, 4.69) is 15.0 Å². The summed E-state index contributed by atoms with van der Waals surface area (Å²) in [6.07, 6.45) is 2.16. The topological polar surface area (TPSA) is 78.6 Å². The zero-order chi connectivity index (χ0) is 11.1. The number of carbonyl (C=O) groups is 1. The molecular formula is C11H7N3O2. The molecule has 0 spiro atoms. The number of nitrogens with zero attached hydrogens (tertiary/aromatic N) is 1. The zero-order valence-electron chi connectivity index (χ0n) is 8.15. The first kappa shape index (κ1) is 8.84. The van der Waals surface area contributed by atoms with Crippen LogP contribution in [-0.2, 0) is 0 Å². The fraction of sp³-hybridized carbons (Fsp3) is 0. The Labute approximate surface area is 89.1 Å². The van der Waals surface area contributed by atoms with Gasteiger partial charge in [-0.05, 0) is 17.5 Å². The van der Waals surface area contributed by atoms with Crippen molar-refractivity contribution in [3.63, 3.8) is 0 Å². The summed E-state index contributed by atoms with van der Waals surface area (Å²) in [7, 11) is 0. The number of rotatable bonds is 1. The summed E-state index contributed by atoms with van der Waals surface area (Å²) >= 11 is 0. The summed E-state index contributed by atoms with van der Waals surface area (Å²) in [4.78, 5) is 32.0. The Morgan fingerprint density at radius 1 is 1.31 bits per heavy atom. The number of benzene rings is 1. The molecule has 0 bridgehead atoms. The molecule has 0 atom stereocenters. The standard InChI is InChI=1S/C11H7N3O2/c15-4-7-3-6-1-2-8-10(13-5-12-8)9(6)11(16)14-7/h1-5H,(H,12,13)(H,14,16). The SMILES string of the molecule is O=Cc1cc2ccc3[nH]cnc3c2c(=O)[nH]1. The summed E-state index contributed by atoms with van der Waals surface area (Å²) in [6, 6.07) is 5.26. The maximum atomic E-state index is 11.8. The van der Waals surface area contributed by atoms with Crippen LogP contribution in [0.5, 0.6) is 0 Å². The third-order valence-corrected chi connectivity index (χ3v) is 2.55. The molecule has 0 aliphatic rings. The predicted molar refractivity (Wildman–Crippen MR) is 59.6 cm³/mol. The van der Waals surface area contributed by atoms with E-state index in [1.54, 1.807) is 12.1 Å². The van der Waals surface area contributed by atoms with E-state index in [1.165, 1.54) is 6.33 Å². The third-order valence-electron chi connectivity index (χ3n) is 2.55. The molecule has 2 N–H and O–H groups in total. The largest absolute Gasteiger partial charge is 0.345 e. The van der Waals surface area contributed by atoms with Gasteiger partial charge in [-0.1, -0.05) is 6.07 Å². The fourth-order valence-electron chi connectivity index (χ4n) is 1.84. The summed E-state index contributed by atoms with van der Waals surface area (Å²) in [5.41, 5.74) is 1.40. The van der Waals surface area contributed by atoms with E-state index in [4.69, 9.17) is 0 Å². The van der Waals surface area contributed by atoms with Crippen molar-refractivity contribution in [2.24, 2.45) is 0 Å². The monoisotopic (exact) mass is 213 g/mol. The molecule has 2 aromatic heterocycles. The van der Waals surface area contributed by atoms with Crippen LogP contribution >= 0.6 is 0 Å². The lowest BCUT2D eigenvalue weighted by Crippen LogP contribution is -2.09. The summed E-state index contributed by atoms with van der Waals surface area (Å²) in [6.45, 7) is 0. The Kier molecular flexibility index (Phi) is 1.67. The molecule has 5 heteroatoms. The number of nitrogens with one attached hydrogen (secondary N) is 2. The van der Waals surface area contributed by atoms with E-state index in [-0.39, 0.29) is 11.3 Å². The van der Waals surface area contributed by atoms with E-state index in [0.717, 1.165) is 5.52 Å². The van der Waals surface area contributed by atoms with Gasteiger partial charge >= 0.3 is 0 Å². The average molecular weight is 213 g/mol. The minimum absolute atomic E-state index is 0.271. The molecule has 16 heavy (non-hydrogen) atoms. The molecule has 3 rings (SSSR count). The molecule has 0 saturated carbocycles. The van der Waals surface area contributed by atoms with Gasteiger partial charge in [0.1, 0.15) is 5.52 Å². The van der Waals surface area contributed by atoms with E-state index >= 15 is 0 Å². The summed E-state index contributed by atoms with van der Waals surface area (Å²) < 4.78 is 0. The molecule has 0 aliphatic carbocycles. The highest BCUT2D eigenvalue weighted by atomic mass is 16.1. The molecule has 0 radical (unpaired) electrons. The second-order valence-corrected chi connectivity index (χ2v) is 3.50. The lowest BCUT2D eigenvalue weighted by Gasteiger charge is -1.98. The fourth-order valence-corrected chi connectivity index (χ4v) is 1.84. The number of hydrogen-bond donors (Lipinski definition) is 2. The quantitative estimate of drug-likeness (QED) is 0.596. The van der Waals surface area contributed by atoms with Gasteiger partial charge in [0, 0.05) is 0 Å². The first-order valence-electron chi connectivity index (χ1n) is 4.74. The van der Waals surface area contributed by atoms with Crippen molar-refractivity contribution >= 4 is 28.1 Å². The number of imidazole rings is 1. The maximum absolute atomic E-state index is 11.8. The normalized spacial score (nSPS) is 11.0. The number of aldehydes is 1. The van der Waals surface area contributed by atoms with Crippen LogP contribution in [0.2, 0.25) is 0 Å². The predicted octanol–water partition coefficient (Wildman–Crippen LogP) is 1.22. The maximum Gasteiger partial charge on any atom is 0.258 e. The Hall–Kier alpha value is -2.43. The van der Waals surface area contributed by atoms with E-state index in [1.807, 2.05) is 6.07 Å². The molecule has 5 nitrogen and oxygen atoms in total. The van der Waals surface area contributed by atoms with E-state index in [9.17, 15) is 9.59 Å². The Balaban J connectivity index is 2.61. The van der Waals surface area contributed by atoms with Gasteiger partial charge in [-0.3, -0.25) is 9.59 Å². The number of pyridine rings is 1. The molecular weight excluding hydrogens is 206 g/mol. The van der Waals surface area contributed by atoms with Crippen molar-refractivity contribution in [2.75, 3.05) is 0 Å². The van der Waals surface area contributed by atoms with Crippen LogP contribution in [0, 0.1) is 0 Å². The van der Waals surface area contributed by atoms with E-state index < -0.39 is 0 Å². The van der Waals surface area contributed by atoms with Crippen LogP contribution in [0.3, 0.4) is 0 Å². The number of H-pyrrole nitrogens is 2. The van der Waals surface area contributed by atoms with Crippen LogP contribution in [0.15, 0.2) is 29.3 Å². The lowest BCUT2D eigenvalue weighted by atomic mass is 10.1. The third kappa shape index (κ3) is 1.08. The number of aromatic amines is 2. The van der Waals surface area contributed by atoms with Gasteiger partial charge in [-0.15, -0.1) is 0 Å². The second kappa shape index (κ2) is 3.03. The first-order chi connectivity index (χ1) is 7.79. The van der Waals surface area contributed by atoms with Gasteiger partial charge in [-0.2, -0.15) is 0 Å². The van der Waals surface area contributed by atoms with Crippen molar-refractivity contribution in [1.82, 2.24) is 15.0 Å². The molecule has 0 fully saturated rings. The highest BCUT2D eigenvalue weighted by molar-refractivity contribution is 6.04. The Morgan fingerprint density at radius 3 is 3.00 bits per heavy atom. The second-order valence-electron chi connectivity index (χ2n) is 3.50. The van der Waals surface area contributed by atoms with Crippen molar-refractivity contribution in [3.05, 3.63) is 40.6 Å². The number of fused-ring (bicyclic) bond motifs is 3. The molecule has 0 aliphatic heterocycles. The minimum Gasteiger partial charge on any atom is -0.345 e. The average Bonchev–Trinajstić information content (AvgIpc) is 2.76.